The van der Waals surface area contributed by atoms with Gasteiger partial charge in [-0.15, -0.1) is 0 Å². The zero-order valence-electron chi connectivity index (χ0n) is 14.1. The molecule has 1 aliphatic rings. The summed E-state index contributed by atoms with van der Waals surface area (Å²) in [5, 5.41) is 2.74. The Bertz CT molecular complexity index is 841. The first-order chi connectivity index (χ1) is 12.0. The molecule has 0 aromatic heterocycles. The molecule has 0 spiro atoms. The van der Waals surface area contributed by atoms with Crippen LogP contribution in [0.5, 0.6) is 5.75 Å². The molecule has 0 saturated carbocycles. The summed E-state index contributed by atoms with van der Waals surface area (Å²) in [4.78, 5) is 24.5. The molecule has 1 heterocycles. The van der Waals surface area contributed by atoms with Crippen LogP contribution in [0.3, 0.4) is 0 Å². The van der Waals surface area contributed by atoms with E-state index in [-0.39, 0.29) is 12.5 Å². The van der Waals surface area contributed by atoms with Gasteiger partial charge in [-0.1, -0.05) is 30.3 Å². The molecule has 0 fully saturated rings. The highest BCUT2D eigenvalue weighted by molar-refractivity contribution is 5.99. The van der Waals surface area contributed by atoms with Crippen LogP contribution in [0, 0.1) is 6.92 Å². The zero-order valence-corrected chi connectivity index (χ0v) is 14.1. The van der Waals surface area contributed by atoms with Crippen molar-refractivity contribution in [3.63, 3.8) is 0 Å². The van der Waals surface area contributed by atoms with Crippen molar-refractivity contribution in [2.45, 2.75) is 20.0 Å². The number of carbonyl (C=O) groups excluding carboxylic acids is 2. The third-order valence-electron chi connectivity index (χ3n) is 3.83. The Labute approximate surface area is 146 Å². The first-order valence-corrected chi connectivity index (χ1v) is 8.04. The van der Waals surface area contributed by atoms with E-state index in [4.69, 9.17) is 9.47 Å². The number of hydrogen-bond acceptors (Lipinski definition) is 4. The molecular weight excluding hydrogens is 318 g/mol. The van der Waals surface area contributed by atoms with Gasteiger partial charge in [0.15, 0.2) is 6.10 Å². The quantitative estimate of drug-likeness (QED) is 0.869. The minimum atomic E-state index is -0.911. The van der Waals surface area contributed by atoms with Crippen LogP contribution in [-0.2, 0) is 14.3 Å². The molecule has 128 valence electrons. The maximum atomic E-state index is 12.3. The van der Waals surface area contributed by atoms with Crippen molar-refractivity contribution < 1.29 is 19.1 Å². The van der Waals surface area contributed by atoms with Crippen LogP contribution in [0.25, 0.3) is 6.08 Å². The molecular formula is C20H19NO4. The summed E-state index contributed by atoms with van der Waals surface area (Å²) in [6.07, 6.45) is 0.817. The lowest BCUT2D eigenvalue weighted by molar-refractivity contribution is -0.149. The predicted molar refractivity (Wildman–Crippen MR) is 95.3 cm³/mol. The van der Waals surface area contributed by atoms with Crippen LogP contribution in [0.4, 0.5) is 5.69 Å². The van der Waals surface area contributed by atoms with E-state index in [1.165, 1.54) is 0 Å². The van der Waals surface area contributed by atoms with E-state index in [0.717, 1.165) is 16.9 Å². The van der Waals surface area contributed by atoms with Crippen molar-refractivity contribution in [3.05, 3.63) is 65.2 Å². The highest BCUT2D eigenvalue weighted by atomic mass is 16.6. The summed E-state index contributed by atoms with van der Waals surface area (Å²) in [5.74, 6) is -0.206. The van der Waals surface area contributed by atoms with Gasteiger partial charge in [-0.25, -0.2) is 4.79 Å². The number of ether oxygens (including phenoxy) is 2. The number of anilines is 1. The molecule has 3 rings (SSSR count). The van der Waals surface area contributed by atoms with Gasteiger partial charge in [0.25, 0.3) is 5.91 Å². The summed E-state index contributed by atoms with van der Waals surface area (Å²) < 4.78 is 10.8. The number of aryl methyl sites for hydroxylation is 1. The highest BCUT2D eigenvalue weighted by Gasteiger charge is 2.23. The second-order valence-electron chi connectivity index (χ2n) is 5.90. The average molecular weight is 337 g/mol. The predicted octanol–water partition coefficient (Wildman–Crippen LogP) is 3.34. The molecule has 2 aromatic rings. The van der Waals surface area contributed by atoms with E-state index in [9.17, 15) is 9.59 Å². The standard InChI is InChI=1S/C20H19NO4/c1-13-6-5-8-17(10-13)21-19(22)14(2)25-20(23)16-11-15-7-3-4-9-18(15)24-12-16/h3-11,14H,12H2,1-2H3,(H,21,22). The molecule has 0 saturated heterocycles. The molecule has 1 atom stereocenters. The Hall–Kier alpha value is -3.08. The van der Waals surface area contributed by atoms with Gasteiger partial charge in [0.1, 0.15) is 12.4 Å². The lowest BCUT2D eigenvalue weighted by Gasteiger charge is -2.19. The van der Waals surface area contributed by atoms with E-state index in [0.29, 0.717) is 11.3 Å². The van der Waals surface area contributed by atoms with Gasteiger partial charge in [-0.05, 0) is 43.7 Å². The number of fused-ring (bicyclic) bond motifs is 1. The second kappa shape index (κ2) is 7.21. The Kier molecular flexibility index (Phi) is 4.84. The molecule has 1 aliphatic heterocycles. The van der Waals surface area contributed by atoms with Crippen molar-refractivity contribution in [1.82, 2.24) is 0 Å². The van der Waals surface area contributed by atoms with Crippen molar-refractivity contribution in [2.75, 3.05) is 11.9 Å². The van der Waals surface area contributed by atoms with Gasteiger partial charge in [0.05, 0.1) is 5.57 Å². The Morgan fingerprint density at radius 2 is 1.96 bits per heavy atom. The smallest absolute Gasteiger partial charge is 0.338 e. The van der Waals surface area contributed by atoms with E-state index in [2.05, 4.69) is 5.32 Å². The summed E-state index contributed by atoms with van der Waals surface area (Å²) in [6.45, 7) is 3.61. The van der Waals surface area contributed by atoms with E-state index in [1.807, 2.05) is 49.4 Å². The highest BCUT2D eigenvalue weighted by Crippen LogP contribution is 2.26. The normalized spacial score (nSPS) is 13.8. The first-order valence-electron chi connectivity index (χ1n) is 8.04. The minimum absolute atomic E-state index is 0.127. The Morgan fingerprint density at radius 3 is 2.76 bits per heavy atom. The fourth-order valence-electron chi connectivity index (χ4n) is 2.49. The van der Waals surface area contributed by atoms with Crippen LogP contribution in [0.1, 0.15) is 18.1 Å². The summed E-state index contributed by atoms with van der Waals surface area (Å²) in [7, 11) is 0. The molecule has 1 N–H and O–H groups in total. The molecule has 0 bridgehead atoms. The second-order valence-corrected chi connectivity index (χ2v) is 5.90. The number of amides is 1. The van der Waals surface area contributed by atoms with Crippen LogP contribution in [0.2, 0.25) is 0 Å². The maximum absolute atomic E-state index is 12.3. The van der Waals surface area contributed by atoms with Crippen LogP contribution in [0.15, 0.2) is 54.1 Å². The third-order valence-corrected chi connectivity index (χ3v) is 3.83. The Morgan fingerprint density at radius 1 is 1.16 bits per heavy atom. The zero-order chi connectivity index (χ0) is 17.8. The largest absolute Gasteiger partial charge is 0.488 e. The number of nitrogens with one attached hydrogen (secondary N) is 1. The molecule has 5 heteroatoms. The van der Waals surface area contributed by atoms with Gasteiger partial charge in [-0.2, -0.15) is 0 Å². The van der Waals surface area contributed by atoms with Gasteiger partial charge >= 0.3 is 5.97 Å². The van der Waals surface area contributed by atoms with Crippen molar-refractivity contribution in [2.24, 2.45) is 0 Å². The number of benzene rings is 2. The summed E-state index contributed by atoms with van der Waals surface area (Å²) >= 11 is 0. The SMILES string of the molecule is Cc1cccc(NC(=O)C(C)OC(=O)C2=Cc3ccccc3OC2)c1. The monoisotopic (exact) mass is 337 g/mol. The third kappa shape index (κ3) is 4.07. The maximum Gasteiger partial charge on any atom is 0.338 e. The molecule has 0 radical (unpaired) electrons. The summed E-state index contributed by atoms with van der Waals surface area (Å²) in [5.41, 5.74) is 2.90. The van der Waals surface area contributed by atoms with Crippen LogP contribution >= 0.6 is 0 Å². The van der Waals surface area contributed by atoms with E-state index < -0.39 is 12.1 Å². The molecule has 0 aliphatic carbocycles. The molecule has 1 amide bonds. The molecule has 2 aromatic carbocycles. The fraction of sp³-hybridized carbons (Fsp3) is 0.200. The van der Waals surface area contributed by atoms with Crippen LogP contribution < -0.4 is 10.1 Å². The number of carbonyl (C=O) groups is 2. The van der Waals surface area contributed by atoms with Crippen molar-refractivity contribution in [3.8, 4) is 5.75 Å². The van der Waals surface area contributed by atoms with Crippen molar-refractivity contribution >= 4 is 23.6 Å². The van der Waals surface area contributed by atoms with Crippen LogP contribution in [-0.4, -0.2) is 24.6 Å². The topological polar surface area (TPSA) is 64.6 Å². The van der Waals surface area contributed by atoms with Crippen molar-refractivity contribution in [1.29, 1.82) is 0 Å². The van der Waals surface area contributed by atoms with E-state index >= 15 is 0 Å². The molecule has 25 heavy (non-hydrogen) atoms. The molecule has 5 nitrogen and oxygen atoms in total. The van der Waals surface area contributed by atoms with Gasteiger partial charge < -0.3 is 14.8 Å². The lowest BCUT2D eigenvalue weighted by Crippen LogP contribution is -2.31. The van der Waals surface area contributed by atoms with Gasteiger partial charge in [-0.3, -0.25) is 4.79 Å². The lowest BCUT2D eigenvalue weighted by atomic mass is 10.1. The number of hydrogen-bond donors (Lipinski definition) is 1. The first kappa shape index (κ1) is 16.8. The van der Waals surface area contributed by atoms with E-state index in [1.54, 1.807) is 19.1 Å². The van der Waals surface area contributed by atoms with Gasteiger partial charge in [0, 0.05) is 11.3 Å². The number of rotatable bonds is 4. The van der Waals surface area contributed by atoms with Gasteiger partial charge in [0.2, 0.25) is 0 Å². The minimum Gasteiger partial charge on any atom is -0.488 e. The average Bonchev–Trinajstić information content (AvgIpc) is 2.61. The Balaban J connectivity index is 1.63. The fourth-order valence-corrected chi connectivity index (χ4v) is 2.49. The summed E-state index contributed by atoms with van der Waals surface area (Å²) in [6, 6.07) is 14.9. The number of para-hydroxylation sites is 1. The molecule has 1 unspecified atom stereocenters. The number of esters is 1.